The topological polar surface area (TPSA) is 54.4 Å². The summed E-state index contributed by atoms with van der Waals surface area (Å²) in [7, 11) is 0. The van der Waals surface area contributed by atoms with Crippen molar-refractivity contribution in [3.05, 3.63) is 22.8 Å². The van der Waals surface area contributed by atoms with Crippen LogP contribution in [0.5, 0.6) is 0 Å². The van der Waals surface area contributed by atoms with Crippen molar-refractivity contribution in [1.29, 1.82) is 0 Å². The van der Waals surface area contributed by atoms with Gasteiger partial charge in [0.05, 0.1) is 0 Å². The van der Waals surface area contributed by atoms with E-state index in [1.165, 1.54) is 5.57 Å². The molecule has 3 nitrogen and oxygen atoms in total. The van der Waals surface area contributed by atoms with Gasteiger partial charge in [0.15, 0.2) is 0 Å². The molecule has 1 saturated carbocycles. The number of hydrogen-bond acceptors (Lipinski definition) is 2. The van der Waals surface area contributed by atoms with Crippen LogP contribution in [0.25, 0.3) is 0 Å². The van der Waals surface area contributed by atoms with E-state index in [-0.39, 0.29) is 5.92 Å². The fourth-order valence-electron chi connectivity index (χ4n) is 3.49. The Kier molecular flexibility index (Phi) is 3.69. The SMILES string of the molecule is C/C(=C\[C@@H]1CC2=C(C=O)CC[C@H]2[C@@H](C)C1)C(=O)O. The largest absolute Gasteiger partial charge is 0.478 e. The number of carbonyl (C=O) groups is 2. The molecule has 0 radical (unpaired) electrons. The normalized spacial score (nSPS) is 32.3. The first-order chi connectivity index (χ1) is 8.52. The number of fused-ring (bicyclic) bond motifs is 1. The molecule has 0 amide bonds. The highest BCUT2D eigenvalue weighted by atomic mass is 16.4. The van der Waals surface area contributed by atoms with Gasteiger partial charge < -0.3 is 5.11 Å². The number of allylic oxidation sites excluding steroid dienone is 3. The van der Waals surface area contributed by atoms with Gasteiger partial charge in [-0.15, -0.1) is 0 Å². The summed E-state index contributed by atoms with van der Waals surface area (Å²) in [5.74, 6) is 0.533. The molecular formula is C15H20O3. The van der Waals surface area contributed by atoms with Gasteiger partial charge in [-0.3, -0.25) is 4.79 Å². The maximum Gasteiger partial charge on any atom is 0.330 e. The Morgan fingerprint density at radius 2 is 2.17 bits per heavy atom. The first-order valence-electron chi connectivity index (χ1n) is 6.61. The Morgan fingerprint density at radius 1 is 1.44 bits per heavy atom. The summed E-state index contributed by atoms with van der Waals surface area (Å²) in [6, 6.07) is 0. The van der Waals surface area contributed by atoms with Crippen molar-refractivity contribution >= 4 is 12.3 Å². The van der Waals surface area contributed by atoms with Crippen LogP contribution < -0.4 is 0 Å². The van der Waals surface area contributed by atoms with E-state index in [1.807, 2.05) is 6.08 Å². The molecule has 0 bridgehead atoms. The van der Waals surface area contributed by atoms with Gasteiger partial charge >= 0.3 is 5.97 Å². The molecule has 0 aromatic heterocycles. The van der Waals surface area contributed by atoms with Gasteiger partial charge in [0.2, 0.25) is 0 Å². The Hall–Kier alpha value is -1.38. The second-order valence-electron chi connectivity index (χ2n) is 5.65. The number of carbonyl (C=O) groups excluding carboxylic acids is 1. The molecule has 0 aromatic rings. The molecule has 98 valence electrons. The fraction of sp³-hybridized carbons (Fsp3) is 0.600. The van der Waals surface area contributed by atoms with Crippen molar-refractivity contribution in [3.63, 3.8) is 0 Å². The second kappa shape index (κ2) is 5.09. The molecule has 0 saturated heterocycles. The van der Waals surface area contributed by atoms with E-state index >= 15 is 0 Å². The first-order valence-corrected chi connectivity index (χ1v) is 6.61. The van der Waals surface area contributed by atoms with E-state index in [0.717, 1.165) is 37.5 Å². The van der Waals surface area contributed by atoms with E-state index < -0.39 is 5.97 Å². The molecule has 1 N–H and O–H groups in total. The van der Waals surface area contributed by atoms with Crippen molar-refractivity contribution in [2.24, 2.45) is 17.8 Å². The molecule has 0 heterocycles. The van der Waals surface area contributed by atoms with E-state index in [2.05, 4.69) is 6.92 Å². The van der Waals surface area contributed by atoms with Crippen LogP contribution in [0.3, 0.4) is 0 Å². The second-order valence-corrected chi connectivity index (χ2v) is 5.65. The molecule has 2 aliphatic rings. The molecule has 3 heteroatoms. The molecule has 0 spiro atoms. The summed E-state index contributed by atoms with van der Waals surface area (Å²) in [6.07, 6.45) is 6.76. The summed E-state index contributed by atoms with van der Waals surface area (Å²) in [5.41, 5.74) is 2.68. The molecule has 0 aromatic carbocycles. The lowest BCUT2D eigenvalue weighted by Gasteiger charge is -2.33. The predicted molar refractivity (Wildman–Crippen MR) is 69.1 cm³/mol. The zero-order valence-corrected chi connectivity index (χ0v) is 11.0. The molecular weight excluding hydrogens is 228 g/mol. The molecule has 1 fully saturated rings. The minimum Gasteiger partial charge on any atom is -0.478 e. The average molecular weight is 248 g/mol. The van der Waals surface area contributed by atoms with Gasteiger partial charge in [0.1, 0.15) is 6.29 Å². The van der Waals surface area contributed by atoms with Gasteiger partial charge in [0, 0.05) is 5.57 Å². The quantitative estimate of drug-likeness (QED) is 0.617. The van der Waals surface area contributed by atoms with Crippen molar-refractivity contribution in [3.8, 4) is 0 Å². The van der Waals surface area contributed by atoms with E-state index in [4.69, 9.17) is 5.11 Å². The Bertz CT molecular complexity index is 431. The van der Waals surface area contributed by atoms with Gasteiger partial charge in [0.25, 0.3) is 0 Å². The Labute approximate surface area is 108 Å². The van der Waals surface area contributed by atoms with Crippen LogP contribution in [0.2, 0.25) is 0 Å². The van der Waals surface area contributed by atoms with Crippen molar-refractivity contribution in [1.82, 2.24) is 0 Å². The first kappa shape index (κ1) is 13.1. The molecule has 0 aliphatic heterocycles. The number of carboxylic acids is 1. The molecule has 2 aliphatic carbocycles. The zero-order chi connectivity index (χ0) is 13.3. The van der Waals surface area contributed by atoms with E-state index in [1.54, 1.807) is 6.92 Å². The third-order valence-electron chi connectivity index (χ3n) is 4.39. The maximum atomic E-state index is 11.0. The number of rotatable bonds is 3. The molecule has 18 heavy (non-hydrogen) atoms. The summed E-state index contributed by atoms with van der Waals surface area (Å²) in [6.45, 7) is 3.86. The summed E-state index contributed by atoms with van der Waals surface area (Å²) >= 11 is 0. The Morgan fingerprint density at radius 3 is 2.78 bits per heavy atom. The number of aliphatic carboxylic acids is 1. The van der Waals surface area contributed by atoms with Crippen LogP contribution >= 0.6 is 0 Å². The highest BCUT2D eigenvalue weighted by Gasteiger charge is 2.35. The van der Waals surface area contributed by atoms with Crippen molar-refractivity contribution < 1.29 is 14.7 Å². The van der Waals surface area contributed by atoms with Crippen LogP contribution in [0.1, 0.15) is 39.5 Å². The lowest BCUT2D eigenvalue weighted by atomic mass is 9.72. The van der Waals surface area contributed by atoms with Crippen LogP contribution in [-0.4, -0.2) is 17.4 Å². The molecule has 3 atom stereocenters. The van der Waals surface area contributed by atoms with Crippen LogP contribution in [0.4, 0.5) is 0 Å². The standard InChI is InChI=1S/C15H20O3/c1-9-5-11(6-10(2)15(17)18)7-14-12(8-16)3-4-13(9)14/h6,8-9,11,13H,3-5,7H2,1-2H3,(H,17,18)/b10-6+/t9-,11+,13-/m0/s1. The van der Waals surface area contributed by atoms with Crippen LogP contribution in [-0.2, 0) is 9.59 Å². The predicted octanol–water partition coefficient (Wildman–Crippen LogP) is 2.97. The number of carboxylic acid groups (broad SMARTS) is 1. The van der Waals surface area contributed by atoms with Gasteiger partial charge in [-0.05, 0) is 55.9 Å². The third-order valence-corrected chi connectivity index (χ3v) is 4.39. The summed E-state index contributed by atoms with van der Waals surface area (Å²) in [5, 5.41) is 8.93. The van der Waals surface area contributed by atoms with E-state index in [9.17, 15) is 9.59 Å². The minimum absolute atomic E-state index is 0.274. The summed E-state index contributed by atoms with van der Waals surface area (Å²) in [4.78, 5) is 21.9. The maximum absolute atomic E-state index is 11.0. The van der Waals surface area contributed by atoms with E-state index in [0.29, 0.717) is 17.4 Å². The van der Waals surface area contributed by atoms with Crippen molar-refractivity contribution in [2.45, 2.75) is 39.5 Å². The lowest BCUT2D eigenvalue weighted by Crippen LogP contribution is -2.23. The molecule has 0 unspecified atom stereocenters. The Balaban J connectivity index is 2.21. The lowest BCUT2D eigenvalue weighted by molar-refractivity contribution is -0.132. The highest BCUT2D eigenvalue weighted by Crippen LogP contribution is 2.46. The smallest absolute Gasteiger partial charge is 0.330 e. The third kappa shape index (κ3) is 2.40. The molecule has 2 rings (SSSR count). The van der Waals surface area contributed by atoms with Gasteiger partial charge in [-0.2, -0.15) is 0 Å². The van der Waals surface area contributed by atoms with Gasteiger partial charge in [-0.25, -0.2) is 4.79 Å². The van der Waals surface area contributed by atoms with Crippen molar-refractivity contribution in [2.75, 3.05) is 0 Å². The average Bonchev–Trinajstić information content (AvgIpc) is 2.72. The van der Waals surface area contributed by atoms with Crippen LogP contribution in [0, 0.1) is 17.8 Å². The minimum atomic E-state index is -0.846. The summed E-state index contributed by atoms with van der Waals surface area (Å²) < 4.78 is 0. The number of hydrogen-bond donors (Lipinski definition) is 1. The van der Waals surface area contributed by atoms with Crippen LogP contribution in [0.15, 0.2) is 22.8 Å². The zero-order valence-electron chi connectivity index (χ0n) is 11.0. The van der Waals surface area contributed by atoms with Gasteiger partial charge in [-0.1, -0.05) is 18.6 Å². The fourth-order valence-corrected chi connectivity index (χ4v) is 3.49. The number of aldehydes is 1. The monoisotopic (exact) mass is 248 g/mol. The highest BCUT2D eigenvalue weighted by molar-refractivity contribution is 5.85.